The molecule has 3 rings (SSSR count). The van der Waals surface area contributed by atoms with Gasteiger partial charge in [0.15, 0.2) is 5.75 Å². The van der Waals surface area contributed by atoms with E-state index in [2.05, 4.69) is 15.3 Å². The zero-order chi connectivity index (χ0) is 17.5. The molecule has 1 aromatic heterocycles. The lowest BCUT2D eigenvalue weighted by Gasteiger charge is -2.11. The van der Waals surface area contributed by atoms with Crippen molar-refractivity contribution in [1.29, 1.82) is 0 Å². The minimum Gasteiger partial charge on any atom is -0.490 e. The molecule has 3 aromatic rings. The first-order valence-corrected chi connectivity index (χ1v) is 8.16. The maximum atomic E-state index is 6.25. The van der Waals surface area contributed by atoms with E-state index in [1.165, 1.54) is 17.3 Å². The van der Waals surface area contributed by atoms with Crippen LogP contribution < -0.4 is 9.47 Å². The van der Waals surface area contributed by atoms with E-state index in [1.54, 1.807) is 18.3 Å². The standard InChI is InChI=1S/C17H14Cl2N4O2/c18-15-8-13(10-22-23-11-20-21-12-23)9-16(19)17(15)25-7-6-24-14-4-2-1-3-5-14/h1-5,8-12H,6-7H2/b22-10-. The Balaban J connectivity index is 1.58. The van der Waals surface area contributed by atoms with Gasteiger partial charge in [0.05, 0.1) is 16.3 Å². The van der Waals surface area contributed by atoms with Crippen molar-refractivity contribution in [1.82, 2.24) is 14.9 Å². The third-order valence-electron chi connectivity index (χ3n) is 3.11. The van der Waals surface area contributed by atoms with Crippen molar-refractivity contribution in [3.63, 3.8) is 0 Å². The van der Waals surface area contributed by atoms with Gasteiger partial charge in [0.25, 0.3) is 0 Å². The summed E-state index contributed by atoms with van der Waals surface area (Å²) in [6, 6.07) is 12.9. The molecule has 6 nitrogen and oxygen atoms in total. The first-order valence-electron chi connectivity index (χ1n) is 7.41. The monoisotopic (exact) mass is 376 g/mol. The Morgan fingerprint density at radius 1 is 0.960 bits per heavy atom. The molecule has 0 atom stereocenters. The second-order valence-electron chi connectivity index (χ2n) is 4.91. The van der Waals surface area contributed by atoms with Crippen LogP contribution in [0.25, 0.3) is 0 Å². The SMILES string of the molecule is Clc1cc(/C=N\n2cnnc2)cc(Cl)c1OCCOc1ccccc1. The summed E-state index contributed by atoms with van der Waals surface area (Å²) in [7, 11) is 0. The van der Waals surface area contributed by atoms with Crippen molar-refractivity contribution >= 4 is 29.4 Å². The van der Waals surface area contributed by atoms with Gasteiger partial charge in [0.2, 0.25) is 0 Å². The maximum Gasteiger partial charge on any atom is 0.156 e. The van der Waals surface area contributed by atoms with Crippen molar-refractivity contribution in [2.24, 2.45) is 5.10 Å². The van der Waals surface area contributed by atoms with Crippen LogP contribution in [0, 0.1) is 0 Å². The topological polar surface area (TPSA) is 61.5 Å². The lowest BCUT2D eigenvalue weighted by molar-refractivity contribution is 0.217. The fraction of sp³-hybridized carbons (Fsp3) is 0.118. The van der Waals surface area contributed by atoms with Crippen LogP contribution in [-0.2, 0) is 0 Å². The molecule has 0 radical (unpaired) electrons. The lowest BCUT2D eigenvalue weighted by Crippen LogP contribution is -2.09. The Bertz CT molecular complexity index is 816. The molecule has 1 heterocycles. The van der Waals surface area contributed by atoms with Crippen molar-refractivity contribution < 1.29 is 9.47 Å². The number of rotatable bonds is 7. The minimum absolute atomic E-state index is 0.322. The fourth-order valence-corrected chi connectivity index (χ4v) is 2.61. The molecule has 0 bridgehead atoms. The highest BCUT2D eigenvalue weighted by atomic mass is 35.5. The normalized spacial score (nSPS) is 11.0. The highest BCUT2D eigenvalue weighted by Gasteiger charge is 2.09. The molecule has 0 saturated carbocycles. The number of benzene rings is 2. The molecule has 0 fully saturated rings. The number of hydrogen-bond acceptors (Lipinski definition) is 5. The molecule has 25 heavy (non-hydrogen) atoms. The Kier molecular flexibility index (Phi) is 5.87. The third-order valence-corrected chi connectivity index (χ3v) is 3.67. The molecular formula is C17H14Cl2N4O2. The van der Waals surface area contributed by atoms with E-state index in [0.29, 0.717) is 29.0 Å². The second-order valence-corrected chi connectivity index (χ2v) is 5.72. The lowest BCUT2D eigenvalue weighted by atomic mass is 10.2. The van der Waals surface area contributed by atoms with Crippen molar-refractivity contribution in [2.45, 2.75) is 0 Å². The Hall–Kier alpha value is -2.57. The average Bonchev–Trinajstić information content (AvgIpc) is 3.13. The van der Waals surface area contributed by atoms with Gasteiger partial charge in [0, 0.05) is 0 Å². The molecule has 0 spiro atoms. The molecule has 0 amide bonds. The van der Waals surface area contributed by atoms with E-state index < -0.39 is 0 Å². The Labute approximate surface area is 154 Å². The molecule has 0 N–H and O–H groups in total. The largest absolute Gasteiger partial charge is 0.490 e. The summed E-state index contributed by atoms with van der Waals surface area (Å²) in [4.78, 5) is 0. The van der Waals surface area contributed by atoms with Crippen molar-refractivity contribution in [3.8, 4) is 11.5 Å². The van der Waals surface area contributed by atoms with E-state index in [-0.39, 0.29) is 0 Å². The molecule has 0 saturated heterocycles. The molecule has 8 heteroatoms. The highest BCUT2D eigenvalue weighted by molar-refractivity contribution is 6.37. The van der Waals surface area contributed by atoms with Crippen molar-refractivity contribution in [2.75, 3.05) is 13.2 Å². The number of aromatic nitrogens is 3. The van der Waals surface area contributed by atoms with Gasteiger partial charge in [0.1, 0.15) is 31.6 Å². The summed E-state index contributed by atoms with van der Waals surface area (Å²) in [5.41, 5.74) is 0.733. The van der Waals surface area contributed by atoms with Crippen LogP contribution in [0.3, 0.4) is 0 Å². The molecule has 128 valence electrons. The quantitative estimate of drug-likeness (QED) is 0.463. The molecule has 0 aliphatic carbocycles. The Morgan fingerprint density at radius 3 is 2.28 bits per heavy atom. The summed E-state index contributed by atoms with van der Waals surface area (Å²) >= 11 is 12.5. The molecule has 0 aliphatic rings. The first kappa shape index (κ1) is 17.3. The van der Waals surface area contributed by atoms with Gasteiger partial charge >= 0.3 is 0 Å². The second kappa shape index (κ2) is 8.50. The molecule has 0 aliphatic heterocycles. The predicted molar refractivity (Wildman–Crippen MR) is 96.9 cm³/mol. The van der Waals surface area contributed by atoms with Crippen LogP contribution in [0.5, 0.6) is 11.5 Å². The van der Waals surface area contributed by atoms with Crippen LogP contribution in [0.15, 0.2) is 60.2 Å². The first-order chi connectivity index (χ1) is 12.2. The summed E-state index contributed by atoms with van der Waals surface area (Å²) in [6.45, 7) is 0.704. The van der Waals surface area contributed by atoms with E-state index in [4.69, 9.17) is 32.7 Å². The van der Waals surface area contributed by atoms with Crippen LogP contribution in [0.2, 0.25) is 10.0 Å². The van der Waals surface area contributed by atoms with Gasteiger partial charge in [-0.05, 0) is 29.8 Å². The molecule has 0 unspecified atom stereocenters. The smallest absolute Gasteiger partial charge is 0.156 e. The summed E-state index contributed by atoms with van der Waals surface area (Å²) in [5, 5.41) is 12.3. The Morgan fingerprint density at radius 2 is 1.60 bits per heavy atom. The predicted octanol–water partition coefficient (Wildman–Crippen LogP) is 3.92. The van der Waals surface area contributed by atoms with Crippen LogP contribution >= 0.6 is 23.2 Å². The number of hydrogen-bond donors (Lipinski definition) is 0. The van der Waals surface area contributed by atoms with E-state index >= 15 is 0 Å². The van der Waals surface area contributed by atoms with Crippen molar-refractivity contribution in [3.05, 3.63) is 70.7 Å². The number of para-hydroxylation sites is 1. The molecule has 2 aromatic carbocycles. The average molecular weight is 377 g/mol. The van der Waals surface area contributed by atoms with Gasteiger partial charge in [-0.1, -0.05) is 41.4 Å². The van der Waals surface area contributed by atoms with Crippen LogP contribution in [0.4, 0.5) is 0 Å². The zero-order valence-electron chi connectivity index (χ0n) is 13.0. The van der Waals surface area contributed by atoms with Gasteiger partial charge < -0.3 is 9.47 Å². The summed E-state index contributed by atoms with van der Waals surface area (Å²) in [5.74, 6) is 1.20. The van der Waals surface area contributed by atoms with Crippen LogP contribution in [-0.4, -0.2) is 34.3 Å². The maximum absolute atomic E-state index is 6.25. The van der Waals surface area contributed by atoms with E-state index in [1.807, 2.05) is 30.3 Å². The summed E-state index contributed by atoms with van der Waals surface area (Å²) in [6.07, 6.45) is 4.55. The number of nitrogens with zero attached hydrogens (tertiary/aromatic N) is 4. The van der Waals surface area contributed by atoms with E-state index in [9.17, 15) is 0 Å². The minimum atomic E-state index is 0.322. The third kappa shape index (κ3) is 4.95. The van der Waals surface area contributed by atoms with Gasteiger partial charge in [-0.25, -0.2) is 4.68 Å². The fourth-order valence-electron chi connectivity index (χ4n) is 2.00. The van der Waals surface area contributed by atoms with E-state index in [0.717, 1.165) is 11.3 Å². The number of halogens is 2. The molecular weight excluding hydrogens is 363 g/mol. The van der Waals surface area contributed by atoms with Crippen LogP contribution in [0.1, 0.15) is 5.56 Å². The number of ether oxygens (including phenoxy) is 2. The highest BCUT2D eigenvalue weighted by Crippen LogP contribution is 2.33. The zero-order valence-corrected chi connectivity index (χ0v) is 14.6. The van der Waals surface area contributed by atoms with Gasteiger partial charge in [-0.15, -0.1) is 10.2 Å². The summed E-state index contributed by atoms with van der Waals surface area (Å²) < 4.78 is 12.7. The van der Waals surface area contributed by atoms with Gasteiger partial charge in [-0.2, -0.15) is 5.10 Å². The van der Waals surface area contributed by atoms with Gasteiger partial charge in [-0.3, -0.25) is 0 Å².